The van der Waals surface area contributed by atoms with E-state index in [-0.39, 0.29) is 6.07 Å². The molecule has 0 amide bonds. The fourth-order valence-electron chi connectivity index (χ4n) is 1.12. The predicted molar refractivity (Wildman–Crippen MR) is 53.6 cm³/mol. The van der Waals surface area contributed by atoms with Crippen molar-refractivity contribution >= 4 is 11.9 Å². The zero-order chi connectivity index (χ0) is 16.4. The van der Waals surface area contributed by atoms with Gasteiger partial charge in [-0.15, -0.1) is 13.2 Å². The molecule has 0 aliphatic heterocycles. The Kier molecular flexibility index (Phi) is 4.61. The molecule has 1 aromatic rings. The van der Waals surface area contributed by atoms with Crippen LogP contribution in [-0.2, 0) is 9.53 Å². The van der Waals surface area contributed by atoms with Crippen molar-refractivity contribution in [2.24, 2.45) is 0 Å². The number of hydrogen-bond acceptors (Lipinski definition) is 4. The minimum atomic E-state index is -5.53. The van der Waals surface area contributed by atoms with Crippen LogP contribution >= 0.6 is 0 Å². The van der Waals surface area contributed by atoms with E-state index in [9.17, 15) is 35.9 Å². The molecular formula is C11H4F6O4. The van der Waals surface area contributed by atoms with Crippen molar-refractivity contribution < 1.29 is 45.4 Å². The lowest BCUT2D eigenvalue weighted by Gasteiger charge is -2.12. The second-order valence-corrected chi connectivity index (χ2v) is 3.32. The van der Waals surface area contributed by atoms with E-state index in [0.29, 0.717) is 6.08 Å². The van der Waals surface area contributed by atoms with Gasteiger partial charge in [0.15, 0.2) is 11.6 Å². The van der Waals surface area contributed by atoms with Gasteiger partial charge in [0, 0.05) is 6.08 Å². The molecule has 0 atom stereocenters. The molecule has 0 N–H and O–H groups in total. The molecule has 0 spiro atoms. The fraction of sp³-hybridized carbons (Fsp3) is 0.0909. The number of hydrogen-bond donors (Lipinski definition) is 0. The molecule has 1 aromatic carbocycles. The first kappa shape index (κ1) is 16.5. The minimum Gasteiger partial charge on any atom is -0.399 e. The number of ether oxygens (including phenoxy) is 2. The molecule has 4 nitrogen and oxygen atoms in total. The van der Waals surface area contributed by atoms with E-state index in [1.807, 2.05) is 0 Å². The number of benzene rings is 1. The predicted octanol–water partition coefficient (Wildman–Crippen LogP) is 2.87. The molecule has 114 valence electrons. The van der Waals surface area contributed by atoms with E-state index < -0.39 is 47.1 Å². The highest BCUT2D eigenvalue weighted by molar-refractivity contribution is 6.00. The third-order valence-corrected chi connectivity index (χ3v) is 1.91. The van der Waals surface area contributed by atoms with Crippen LogP contribution < -0.4 is 4.74 Å². The molecule has 1 rings (SSSR count). The maximum atomic E-state index is 13.6. The molecule has 0 aliphatic carbocycles. The zero-order valence-electron chi connectivity index (χ0n) is 9.76. The monoisotopic (exact) mass is 314 g/mol. The van der Waals surface area contributed by atoms with Crippen molar-refractivity contribution in [2.45, 2.75) is 6.36 Å². The van der Waals surface area contributed by atoms with Crippen molar-refractivity contribution in [2.75, 3.05) is 0 Å². The van der Waals surface area contributed by atoms with Gasteiger partial charge in [-0.25, -0.2) is 18.4 Å². The molecule has 0 saturated heterocycles. The summed E-state index contributed by atoms with van der Waals surface area (Å²) < 4.78 is 82.5. The minimum absolute atomic E-state index is 0.0768. The van der Waals surface area contributed by atoms with Crippen LogP contribution in [0.1, 0.15) is 10.4 Å². The van der Waals surface area contributed by atoms with Crippen LogP contribution in [0.15, 0.2) is 18.7 Å². The van der Waals surface area contributed by atoms with Crippen LogP contribution in [0.2, 0.25) is 0 Å². The average Bonchev–Trinajstić information content (AvgIpc) is 2.37. The Morgan fingerprint density at radius 1 is 1.14 bits per heavy atom. The van der Waals surface area contributed by atoms with E-state index in [2.05, 4.69) is 16.1 Å². The quantitative estimate of drug-likeness (QED) is 0.283. The topological polar surface area (TPSA) is 52.6 Å². The van der Waals surface area contributed by atoms with E-state index in [4.69, 9.17) is 0 Å². The van der Waals surface area contributed by atoms with Gasteiger partial charge in [0.05, 0.1) is 0 Å². The van der Waals surface area contributed by atoms with Crippen LogP contribution in [0.3, 0.4) is 0 Å². The third-order valence-electron chi connectivity index (χ3n) is 1.91. The van der Waals surface area contributed by atoms with Crippen molar-refractivity contribution in [3.63, 3.8) is 0 Å². The lowest BCUT2D eigenvalue weighted by atomic mass is 10.2. The number of carbonyl (C=O) groups is 2. The summed E-state index contributed by atoms with van der Waals surface area (Å²) in [5.41, 5.74) is -1.46. The largest absolute Gasteiger partial charge is 0.573 e. The van der Waals surface area contributed by atoms with Crippen molar-refractivity contribution in [1.82, 2.24) is 0 Å². The lowest BCUT2D eigenvalue weighted by molar-refractivity contribution is -0.276. The number of carbonyl (C=O) groups excluding carboxylic acids is 2. The van der Waals surface area contributed by atoms with Crippen molar-refractivity contribution in [3.8, 4) is 5.75 Å². The Morgan fingerprint density at radius 3 is 2.19 bits per heavy atom. The van der Waals surface area contributed by atoms with Crippen LogP contribution in [0.25, 0.3) is 0 Å². The molecule has 10 heteroatoms. The first-order valence-corrected chi connectivity index (χ1v) is 4.88. The summed E-state index contributed by atoms with van der Waals surface area (Å²) >= 11 is 0. The van der Waals surface area contributed by atoms with Gasteiger partial charge in [-0.2, -0.15) is 4.39 Å². The Hall–Kier alpha value is -2.52. The summed E-state index contributed by atoms with van der Waals surface area (Å²) in [6.45, 7) is 2.90. The number of esters is 2. The highest BCUT2D eigenvalue weighted by Crippen LogP contribution is 2.32. The Bertz CT molecular complexity index is 608. The molecule has 0 bridgehead atoms. The maximum absolute atomic E-state index is 13.6. The molecule has 21 heavy (non-hydrogen) atoms. The van der Waals surface area contributed by atoms with Crippen LogP contribution in [-0.4, -0.2) is 18.3 Å². The normalized spacial score (nSPS) is 11.0. The first-order chi connectivity index (χ1) is 9.56. The molecule has 0 aromatic heterocycles. The summed E-state index contributed by atoms with van der Waals surface area (Å²) in [4.78, 5) is 22.0. The van der Waals surface area contributed by atoms with E-state index in [1.54, 1.807) is 0 Å². The smallest absolute Gasteiger partial charge is 0.399 e. The zero-order valence-corrected chi connectivity index (χ0v) is 9.76. The summed E-state index contributed by atoms with van der Waals surface area (Å²) in [6.07, 6.45) is -5.05. The number of rotatable bonds is 3. The molecule has 0 fully saturated rings. The van der Waals surface area contributed by atoms with Gasteiger partial charge >= 0.3 is 18.3 Å². The average molecular weight is 314 g/mol. The van der Waals surface area contributed by atoms with Gasteiger partial charge in [-0.05, 0) is 6.07 Å². The highest BCUT2D eigenvalue weighted by atomic mass is 19.4. The Morgan fingerprint density at radius 2 is 1.71 bits per heavy atom. The van der Waals surface area contributed by atoms with Crippen molar-refractivity contribution in [3.05, 3.63) is 41.7 Å². The highest BCUT2D eigenvalue weighted by Gasteiger charge is 2.36. The summed E-state index contributed by atoms with van der Waals surface area (Å²) in [6, 6.07) is -0.0768. The van der Waals surface area contributed by atoms with Gasteiger partial charge in [-0.3, -0.25) is 0 Å². The second-order valence-electron chi connectivity index (χ2n) is 3.32. The number of halogens is 6. The Balaban J connectivity index is 3.32. The molecule has 0 aliphatic rings. The van der Waals surface area contributed by atoms with Gasteiger partial charge in [0.2, 0.25) is 11.6 Å². The van der Waals surface area contributed by atoms with Crippen LogP contribution in [0.5, 0.6) is 5.75 Å². The van der Waals surface area contributed by atoms with E-state index in [1.165, 1.54) is 0 Å². The summed E-state index contributed by atoms with van der Waals surface area (Å²) in [5, 5.41) is 0. The van der Waals surface area contributed by atoms with Gasteiger partial charge in [0.25, 0.3) is 0 Å². The summed E-state index contributed by atoms with van der Waals surface area (Å²) in [5.74, 6) is -11.9. The molecule has 0 heterocycles. The second kappa shape index (κ2) is 5.85. The van der Waals surface area contributed by atoms with Gasteiger partial charge in [-0.1, -0.05) is 6.58 Å². The summed E-state index contributed by atoms with van der Waals surface area (Å²) in [7, 11) is 0. The maximum Gasteiger partial charge on any atom is 0.573 e. The third kappa shape index (κ3) is 3.97. The fourth-order valence-corrected chi connectivity index (χ4v) is 1.12. The van der Waals surface area contributed by atoms with Crippen LogP contribution in [0, 0.1) is 17.5 Å². The molecule has 0 saturated carbocycles. The van der Waals surface area contributed by atoms with Gasteiger partial charge in [0.1, 0.15) is 5.56 Å². The molecular weight excluding hydrogens is 310 g/mol. The molecule has 0 unspecified atom stereocenters. The first-order valence-electron chi connectivity index (χ1n) is 4.88. The van der Waals surface area contributed by atoms with Crippen molar-refractivity contribution in [1.29, 1.82) is 0 Å². The van der Waals surface area contributed by atoms with E-state index in [0.717, 1.165) is 0 Å². The van der Waals surface area contributed by atoms with Gasteiger partial charge < -0.3 is 9.47 Å². The SMILES string of the molecule is C=CC(=O)OC(=O)c1cc(F)c(F)c(OC(F)(F)F)c1F. The van der Waals surface area contributed by atoms with Crippen LogP contribution in [0.4, 0.5) is 26.3 Å². The lowest BCUT2D eigenvalue weighted by Crippen LogP contribution is -2.21. The standard InChI is InChI=1S/C11H4F6O4/c1-2-6(18)20-10(19)4-3-5(12)8(14)9(7(4)13)21-11(15,16)17/h2-3H,1H2. The Labute approximate surface area is 112 Å². The molecule has 0 radical (unpaired) electrons. The van der Waals surface area contributed by atoms with E-state index >= 15 is 0 Å². The number of alkyl halides is 3.